The fourth-order valence-electron chi connectivity index (χ4n) is 3.78. The normalized spacial score (nSPS) is 12.8. The Morgan fingerprint density at radius 3 is 1.67 bits per heavy atom. The van der Waals surface area contributed by atoms with Crippen molar-refractivity contribution in [1.82, 2.24) is 0 Å². The van der Waals surface area contributed by atoms with Crippen molar-refractivity contribution in [2.24, 2.45) is 11.1 Å². The molecule has 0 saturated heterocycles. The van der Waals surface area contributed by atoms with Gasteiger partial charge in [0, 0.05) is 6.42 Å². The van der Waals surface area contributed by atoms with Crippen LogP contribution in [0.5, 0.6) is 0 Å². The minimum atomic E-state index is -2.84. The van der Waals surface area contributed by atoms with Crippen LogP contribution < -0.4 is 15.6 Å². The van der Waals surface area contributed by atoms with Crippen LogP contribution in [0.15, 0.2) is 96.2 Å². The molecule has 0 aliphatic heterocycles. The molecule has 0 heterocycles. The first-order valence-electron chi connectivity index (χ1n) is 10.5. The van der Waals surface area contributed by atoms with E-state index in [1.807, 2.05) is 25.1 Å². The molecule has 0 fully saturated rings. The third-order valence-electron chi connectivity index (χ3n) is 5.24. The van der Waals surface area contributed by atoms with Crippen LogP contribution in [0.25, 0.3) is 0 Å². The number of nitrogens with zero attached hydrogens (tertiary/aromatic N) is 2. The van der Waals surface area contributed by atoms with Crippen molar-refractivity contribution in [3.8, 4) is 6.07 Å². The lowest BCUT2D eigenvalue weighted by Gasteiger charge is -2.30. The lowest BCUT2D eigenvalue weighted by Crippen LogP contribution is -2.68. The SMILES string of the molecule is CCCC(C#N)C/C(C)=N/O[Si](c1ccccc1)(c1ccccc1)c1ccccc1. The molecule has 30 heavy (non-hydrogen) atoms. The van der Waals surface area contributed by atoms with E-state index in [1.165, 1.54) is 0 Å². The smallest absolute Gasteiger partial charge is 0.380 e. The fourth-order valence-corrected chi connectivity index (χ4v) is 7.37. The van der Waals surface area contributed by atoms with Gasteiger partial charge in [-0.3, -0.25) is 0 Å². The Kier molecular flexibility index (Phi) is 7.59. The Labute approximate surface area is 180 Å². The molecule has 0 N–H and O–H groups in total. The molecule has 3 aromatic rings. The van der Waals surface area contributed by atoms with Gasteiger partial charge >= 0.3 is 8.32 Å². The molecule has 1 unspecified atom stereocenters. The number of benzene rings is 3. The third-order valence-corrected chi connectivity index (χ3v) is 9.05. The first-order chi connectivity index (χ1) is 14.7. The first-order valence-corrected chi connectivity index (χ1v) is 12.4. The van der Waals surface area contributed by atoms with Crippen LogP contribution in [-0.4, -0.2) is 14.0 Å². The van der Waals surface area contributed by atoms with E-state index in [1.54, 1.807) is 0 Å². The third kappa shape index (κ3) is 4.87. The minimum absolute atomic E-state index is 0.0245. The van der Waals surface area contributed by atoms with Gasteiger partial charge in [-0.1, -0.05) is 104 Å². The molecule has 0 spiro atoms. The van der Waals surface area contributed by atoms with E-state index in [0.29, 0.717) is 6.42 Å². The topological polar surface area (TPSA) is 45.4 Å². The zero-order valence-electron chi connectivity index (χ0n) is 17.7. The van der Waals surface area contributed by atoms with Gasteiger partial charge in [-0.2, -0.15) is 5.26 Å². The van der Waals surface area contributed by atoms with Crippen LogP contribution in [0, 0.1) is 17.2 Å². The Morgan fingerprint density at radius 1 is 0.867 bits per heavy atom. The summed E-state index contributed by atoms with van der Waals surface area (Å²) in [6, 6.07) is 33.6. The molecule has 4 heteroatoms. The summed E-state index contributed by atoms with van der Waals surface area (Å²) >= 11 is 0. The monoisotopic (exact) mass is 412 g/mol. The van der Waals surface area contributed by atoms with Gasteiger partial charge in [-0.15, -0.1) is 5.16 Å². The van der Waals surface area contributed by atoms with Crippen molar-refractivity contribution in [2.45, 2.75) is 33.1 Å². The van der Waals surface area contributed by atoms with Gasteiger partial charge in [-0.05, 0) is 28.9 Å². The van der Waals surface area contributed by atoms with E-state index in [0.717, 1.165) is 34.1 Å². The molecule has 0 aromatic heterocycles. The van der Waals surface area contributed by atoms with Gasteiger partial charge in [0.05, 0.1) is 17.7 Å². The van der Waals surface area contributed by atoms with Gasteiger partial charge < -0.3 is 4.53 Å². The Balaban J connectivity index is 2.10. The second-order valence-corrected chi connectivity index (χ2v) is 10.8. The van der Waals surface area contributed by atoms with Crippen molar-refractivity contribution in [1.29, 1.82) is 5.26 Å². The second-order valence-electron chi connectivity index (χ2n) is 7.52. The van der Waals surface area contributed by atoms with Crippen molar-refractivity contribution >= 4 is 29.6 Å². The average Bonchev–Trinajstić information content (AvgIpc) is 2.81. The number of nitriles is 1. The lowest BCUT2D eigenvalue weighted by molar-refractivity contribution is 0.346. The molecule has 0 amide bonds. The molecular weight excluding hydrogens is 384 g/mol. The van der Waals surface area contributed by atoms with Crippen LogP contribution in [0.2, 0.25) is 0 Å². The predicted molar refractivity (Wildman–Crippen MR) is 127 cm³/mol. The summed E-state index contributed by atoms with van der Waals surface area (Å²) in [7, 11) is -2.84. The molecule has 0 saturated carbocycles. The predicted octanol–water partition coefficient (Wildman–Crippen LogP) is 4.38. The van der Waals surface area contributed by atoms with E-state index in [2.05, 4.69) is 90.9 Å². The summed E-state index contributed by atoms with van der Waals surface area (Å²) in [5, 5.41) is 17.5. The van der Waals surface area contributed by atoms with Crippen molar-refractivity contribution in [3.05, 3.63) is 91.0 Å². The molecular formula is C26H28N2OSi. The molecule has 0 aliphatic carbocycles. The molecule has 3 rings (SSSR count). The van der Waals surface area contributed by atoms with E-state index < -0.39 is 8.32 Å². The molecule has 0 aliphatic rings. The molecule has 0 bridgehead atoms. The second kappa shape index (κ2) is 10.6. The van der Waals surface area contributed by atoms with Crippen LogP contribution in [0.1, 0.15) is 33.1 Å². The first kappa shape index (κ1) is 21.5. The largest absolute Gasteiger partial charge is 0.438 e. The van der Waals surface area contributed by atoms with Crippen LogP contribution in [0.4, 0.5) is 0 Å². The lowest BCUT2D eigenvalue weighted by atomic mass is 9.99. The van der Waals surface area contributed by atoms with Crippen LogP contribution in [-0.2, 0) is 4.53 Å². The maximum absolute atomic E-state index is 9.43. The highest BCUT2D eigenvalue weighted by atomic mass is 28.4. The summed E-state index contributed by atoms with van der Waals surface area (Å²) in [6.45, 7) is 4.06. The van der Waals surface area contributed by atoms with E-state index in [-0.39, 0.29) is 5.92 Å². The Hall–Kier alpha value is -3.16. The Morgan fingerprint density at radius 2 is 1.30 bits per heavy atom. The maximum Gasteiger partial charge on any atom is 0.380 e. The van der Waals surface area contributed by atoms with Crippen LogP contribution in [0.3, 0.4) is 0 Å². The number of hydrogen-bond donors (Lipinski definition) is 0. The fraction of sp³-hybridized carbons (Fsp3) is 0.231. The molecule has 152 valence electrons. The summed E-state index contributed by atoms with van der Waals surface area (Å²) < 4.78 is 6.59. The van der Waals surface area contributed by atoms with Gasteiger partial charge in [-0.25, -0.2) is 0 Å². The van der Waals surface area contributed by atoms with Gasteiger partial charge in [0.15, 0.2) is 0 Å². The maximum atomic E-state index is 9.43. The van der Waals surface area contributed by atoms with Gasteiger partial charge in [0.2, 0.25) is 0 Å². The number of rotatable bonds is 9. The van der Waals surface area contributed by atoms with Gasteiger partial charge in [0.1, 0.15) is 0 Å². The summed E-state index contributed by atoms with van der Waals surface area (Å²) in [4.78, 5) is 0. The molecule has 3 nitrogen and oxygen atoms in total. The quantitative estimate of drug-likeness (QED) is 0.227. The zero-order valence-corrected chi connectivity index (χ0v) is 18.7. The number of hydrogen-bond acceptors (Lipinski definition) is 3. The Bertz CT molecular complexity index is 885. The van der Waals surface area contributed by atoms with Crippen molar-refractivity contribution in [3.63, 3.8) is 0 Å². The van der Waals surface area contributed by atoms with Crippen molar-refractivity contribution < 1.29 is 4.53 Å². The van der Waals surface area contributed by atoms with E-state index >= 15 is 0 Å². The zero-order chi connectivity index (χ0) is 21.2. The average molecular weight is 413 g/mol. The summed E-state index contributed by atoms with van der Waals surface area (Å²) in [6.07, 6.45) is 2.50. The highest BCUT2D eigenvalue weighted by molar-refractivity contribution is 7.07. The molecule has 0 radical (unpaired) electrons. The molecule has 1 atom stereocenters. The summed E-state index contributed by atoms with van der Waals surface area (Å²) in [5.74, 6) is -0.0245. The summed E-state index contributed by atoms with van der Waals surface area (Å²) in [5.41, 5.74) is 0.856. The minimum Gasteiger partial charge on any atom is -0.438 e. The van der Waals surface area contributed by atoms with Crippen molar-refractivity contribution in [2.75, 3.05) is 0 Å². The van der Waals surface area contributed by atoms with E-state index in [4.69, 9.17) is 4.53 Å². The standard InChI is InChI=1S/C26H28N2OSi/c1-3-13-23(21-27)20-22(2)28-29-30(24-14-7-4-8-15-24,25-16-9-5-10-17-25)26-18-11-6-12-19-26/h4-12,14-19,23H,3,13,20H2,1-2H3/b28-22+. The van der Waals surface area contributed by atoms with Gasteiger partial charge in [0.25, 0.3) is 0 Å². The highest BCUT2D eigenvalue weighted by Gasteiger charge is 2.44. The molecule has 3 aromatic carbocycles. The van der Waals surface area contributed by atoms with E-state index in [9.17, 15) is 5.26 Å². The van der Waals surface area contributed by atoms with Crippen LogP contribution >= 0.6 is 0 Å². The number of oxime groups is 1. The highest BCUT2D eigenvalue weighted by Crippen LogP contribution is 2.14.